The molecule has 0 saturated heterocycles. The third-order valence-electron chi connectivity index (χ3n) is 5.80. The Hall–Kier alpha value is -3.49. The van der Waals surface area contributed by atoms with E-state index in [4.69, 9.17) is 21.5 Å². The van der Waals surface area contributed by atoms with Gasteiger partial charge in [-0.2, -0.15) is 5.26 Å². The van der Waals surface area contributed by atoms with Crippen molar-refractivity contribution >= 4 is 29.9 Å². The summed E-state index contributed by atoms with van der Waals surface area (Å²) >= 11 is 1.73. The molecule has 5 N–H and O–H groups in total. The van der Waals surface area contributed by atoms with Crippen molar-refractivity contribution in [1.29, 1.82) is 5.26 Å². The first kappa shape index (κ1) is 26.1. The number of nitrogens with one attached hydrogen (secondary N) is 1. The van der Waals surface area contributed by atoms with Crippen LogP contribution in [0.2, 0.25) is 0 Å². The Morgan fingerprint density at radius 2 is 2.14 bits per heavy atom. The summed E-state index contributed by atoms with van der Waals surface area (Å²) in [5, 5.41) is 12.1. The number of ether oxygens (including phenoxy) is 1. The number of pyridine rings is 1. The number of hydrogen-bond acceptors (Lipinski definition) is 8. The molecule has 1 saturated carbocycles. The summed E-state index contributed by atoms with van der Waals surface area (Å²) < 4.78 is 23.0. The van der Waals surface area contributed by atoms with Crippen LogP contribution in [0.5, 0.6) is 0 Å². The molecule has 11 heteroatoms. The summed E-state index contributed by atoms with van der Waals surface area (Å²) in [7, 11) is 3.50. The minimum Gasteiger partial charge on any atom is -0.476 e. The molecule has 0 spiro atoms. The van der Waals surface area contributed by atoms with Gasteiger partial charge in [0, 0.05) is 31.6 Å². The fraction of sp³-hybridized carbons (Fsp3) is 0.375. The molecular formula is C24H29FN6O3S. The number of benzene rings is 1. The van der Waals surface area contributed by atoms with Gasteiger partial charge in [0.05, 0.1) is 10.3 Å². The maximum absolute atomic E-state index is 13.8. The van der Waals surface area contributed by atoms with Crippen molar-refractivity contribution in [2.45, 2.75) is 31.1 Å². The van der Waals surface area contributed by atoms with Gasteiger partial charge >= 0.3 is 0 Å². The average molecular weight is 501 g/mol. The fourth-order valence-corrected chi connectivity index (χ4v) is 4.66. The standard InChI is InChI=1S/C24H29FN6O3S/c1-4-30(2)35-24(7-8-24)14-34-21(28)20-17(12-27)10-18(23(33)31(20)3)22(32)29-13-15-5-6-16(11-26)19(25)9-15/h5-6,9-10,12H,4,7-8,13-14,27-28H2,1-3H3,(H,29,32)/b17-12-,21-20-. The van der Waals surface area contributed by atoms with Crippen LogP contribution in [0.15, 0.2) is 29.1 Å². The van der Waals surface area contributed by atoms with E-state index in [0.717, 1.165) is 25.5 Å². The topological polar surface area (TPSA) is 139 Å². The van der Waals surface area contributed by atoms with Gasteiger partial charge in [0.2, 0.25) is 5.88 Å². The monoisotopic (exact) mass is 500 g/mol. The molecular weight excluding hydrogens is 471 g/mol. The lowest BCUT2D eigenvalue weighted by Crippen LogP contribution is -2.48. The van der Waals surface area contributed by atoms with Gasteiger partial charge in [-0.15, -0.1) is 0 Å². The largest absolute Gasteiger partial charge is 0.476 e. The first-order valence-electron chi connectivity index (χ1n) is 11.1. The Kier molecular flexibility index (Phi) is 8.09. The molecule has 0 atom stereocenters. The highest BCUT2D eigenvalue weighted by Crippen LogP contribution is 2.49. The zero-order valence-corrected chi connectivity index (χ0v) is 20.7. The molecule has 0 aliphatic heterocycles. The van der Waals surface area contributed by atoms with E-state index in [1.165, 1.54) is 36.0 Å². The molecule has 1 aromatic heterocycles. The summed E-state index contributed by atoms with van der Waals surface area (Å²) in [6.07, 6.45) is 3.27. The second-order valence-electron chi connectivity index (χ2n) is 8.37. The van der Waals surface area contributed by atoms with Crippen LogP contribution in [-0.4, -0.2) is 39.7 Å². The van der Waals surface area contributed by atoms with Gasteiger partial charge in [0.1, 0.15) is 29.4 Å². The zero-order chi connectivity index (χ0) is 25.8. The van der Waals surface area contributed by atoms with Gasteiger partial charge in [-0.25, -0.2) is 4.39 Å². The number of carbonyl (C=O) groups is 1. The molecule has 0 unspecified atom stereocenters. The van der Waals surface area contributed by atoms with Gasteiger partial charge in [0.15, 0.2) is 0 Å². The average Bonchev–Trinajstić information content (AvgIpc) is 3.61. The van der Waals surface area contributed by atoms with Crippen molar-refractivity contribution in [1.82, 2.24) is 14.2 Å². The van der Waals surface area contributed by atoms with E-state index in [2.05, 4.69) is 16.5 Å². The Morgan fingerprint density at radius 3 is 2.71 bits per heavy atom. The lowest BCUT2D eigenvalue weighted by Gasteiger charge is -2.21. The number of halogens is 1. The molecule has 2 aromatic rings. The van der Waals surface area contributed by atoms with Gasteiger partial charge in [-0.05, 0) is 43.7 Å². The van der Waals surface area contributed by atoms with Crippen LogP contribution in [-0.2, 0) is 18.3 Å². The number of rotatable bonds is 9. The molecule has 1 heterocycles. The molecule has 0 bridgehead atoms. The molecule has 0 radical (unpaired) electrons. The molecule has 9 nitrogen and oxygen atoms in total. The highest BCUT2D eigenvalue weighted by atomic mass is 32.2. The third kappa shape index (κ3) is 5.96. The van der Waals surface area contributed by atoms with E-state index in [-0.39, 0.29) is 33.7 Å². The van der Waals surface area contributed by atoms with Crippen LogP contribution in [0.4, 0.5) is 4.39 Å². The van der Waals surface area contributed by atoms with E-state index in [9.17, 15) is 14.0 Å². The van der Waals surface area contributed by atoms with E-state index in [0.29, 0.717) is 17.4 Å². The van der Waals surface area contributed by atoms with Crippen LogP contribution in [0.1, 0.15) is 41.3 Å². The predicted octanol–water partition coefficient (Wildman–Crippen LogP) is 0.196. The number of aromatic nitrogens is 1. The van der Waals surface area contributed by atoms with E-state index in [1.54, 1.807) is 18.0 Å². The summed E-state index contributed by atoms with van der Waals surface area (Å²) in [6.45, 7) is 3.33. The smallest absolute Gasteiger partial charge is 0.263 e. The Labute approximate surface area is 207 Å². The normalized spacial score (nSPS) is 15.5. The van der Waals surface area contributed by atoms with Crippen molar-refractivity contribution in [3.05, 3.63) is 67.7 Å². The van der Waals surface area contributed by atoms with E-state index >= 15 is 0 Å². The molecule has 1 amide bonds. The SMILES string of the molecule is CCN(C)SC1(CO/C(N)=c2/c(=C\N)cc(C(=O)NCc3ccc(C#N)c(F)c3)c(=O)n2C)CC1. The second-order valence-corrected chi connectivity index (χ2v) is 10.0. The summed E-state index contributed by atoms with van der Waals surface area (Å²) in [6, 6.07) is 7.11. The molecule has 186 valence electrons. The molecule has 35 heavy (non-hydrogen) atoms. The summed E-state index contributed by atoms with van der Waals surface area (Å²) in [5.41, 5.74) is 11.6. The first-order chi connectivity index (χ1) is 16.6. The Bertz CT molecular complexity index is 1350. The minimum atomic E-state index is -0.682. The predicted molar refractivity (Wildman–Crippen MR) is 133 cm³/mol. The number of carbonyl (C=O) groups excluding carboxylic acids is 1. The number of amides is 1. The summed E-state index contributed by atoms with van der Waals surface area (Å²) in [5.74, 6) is -1.29. The van der Waals surface area contributed by atoms with Crippen molar-refractivity contribution < 1.29 is 13.9 Å². The summed E-state index contributed by atoms with van der Waals surface area (Å²) in [4.78, 5) is 25.7. The van der Waals surface area contributed by atoms with E-state index in [1.807, 2.05) is 7.05 Å². The van der Waals surface area contributed by atoms with Crippen LogP contribution in [0.3, 0.4) is 0 Å². The molecule has 1 aliphatic rings. The number of nitrogens with zero attached hydrogens (tertiary/aromatic N) is 3. The lowest BCUT2D eigenvalue weighted by atomic mass is 10.1. The highest BCUT2D eigenvalue weighted by Gasteiger charge is 2.45. The number of nitrogens with two attached hydrogens (primary N) is 2. The first-order valence-corrected chi connectivity index (χ1v) is 11.8. The van der Waals surface area contributed by atoms with Gasteiger partial charge in [-0.1, -0.05) is 24.9 Å². The van der Waals surface area contributed by atoms with E-state index < -0.39 is 17.3 Å². The lowest BCUT2D eigenvalue weighted by molar-refractivity contribution is 0.0948. The van der Waals surface area contributed by atoms with Gasteiger partial charge in [-0.3, -0.25) is 13.9 Å². The van der Waals surface area contributed by atoms with Crippen molar-refractivity contribution in [2.24, 2.45) is 18.5 Å². The van der Waals surface area contributed by atoms with Crippen LogP contribution in [0.25, 0.3) is 12.1 Å². The quantitative estimate of drug-likeness (QED) is 0.415. The van der Waals surface area contributed by atoms with Gasteiger partial charge < -0.3 is 26.1 Å². The maximum atomic E-state index is 13.8. The minimum absolute atomic E-state index is 0.0304. The number of nitriles is 1. The second kappa shape index (κ2) is 10.8. The molecule has 1 aliphatic carbocycles. The van der Waals surface area contributed by atoms with Crippen molar-refractivity contribution in [2.75, 3.05) is 20.2 Å². The molecule has 1 fully saturated rings. The molecule has 1 aromatic carbocycles. The maximum Gasteiger partial charge on any atom is 0.263 e. The Balaban J connectivity index is 1.83. The number of hydrogen-bond donors (Lipinski definition) is 3. The van der Waals surface area contributed by atoms with Crippen LogP contribution in [0, 0.1) is 17.1 Å². The fourth-order valence-electron chi connectivity index (χ4n) is 3.47. The third-order valence-corrected chi connectivity index (χ3v) is 7.28. The van der Waals surface area contributed by atoms with Crippen LogP contribution >= 0.6 is 11.9 Å². The van der Waals surface area contributed by atoms with Crippen LogP contribution < -0.4 is 32.9 Å². The highest BCUT2D eigenvalue weighted by molar-refractivity contribution is 7.98. The zero-order valence-electron chi connectivity index (χ0n) is 19.9. The van der Waals surface area contributed by atoms with Crippen molar-refractivity contribution in [3.63, 3.8) is 0 Å². The molecule has 3 rings (SSSR count). The van der Waals surface area contributed by atoms with Crippen molar-refractivity contribution in [3.8, 4) is 6.07 Å². The van der Waals surface area contributed by atoms with Gasteiger partial charge in [0.25, 0.3) is 11.5 Å². The Morgan fingerprint density at radius 1 is 1.43 bits per heavy atom.